The van der Waals surface area contributed by atoms with E-state index in [0.29, 0.717) is 23.5 Å². The summed E-state index contributed by atoms with van der Waals surface area (Å²) in [6.07, 6.45) is 1.89. The molecule has 1 aromatic carbocycles. The summed E-state index contributed by atoms with van der Waals surface area (Å²) in [6.45, 7) is 10.2. The molecule has 2 heterocycles. The maximum Gasteiger partial charge on any atom is 0.337 e. The molecule has 1 N–H and O–H groups in total. The van der Waals surface area contributed by atoms with Crippen LogP contribution >= 0.6 is 0 Å². The Morgan fingerprint density at radius 2 is 2.00 bits per heavy atom. The average Bonchev–Trinajstić information content (AvgIpc) is 2.71. The number of carbonyl (C=O) groups is 1. The van der Waals surface area contributed by atoms with Crippen LogP contribution in [0.1, 0.15) is 67.2 Å². The Kier molecular flexibility index (Phi) is 6.17. The van der Waals surface area contributed by atoms with E-state index in [2.05, 4.69) is 44.0 Å². The van der Waals surface area contributed by atoms with Crippen molar-refractivity contribution in [3.63, 3.8) is 0 Å². The van der Waals surface area contributed by atoms with Crippen molar-refractivity contribution < 1.29 is 9.53 Å². The monoisotopic (exact) mass is 382 g/mol. The predicted molar refractivity (Wildman–Crippen MR) is 112 cm³/mol. The van der Waals surface area contributed by atoms with E-state index in [-0.39, 0.29) is 5.97 Å². The van der Waals surface area contributed by atoms with Crippen molar-refractivity contribution in [1.82, 2.24) is 9.97 Å². The van der Waals surface area contributed by atoms with Gasteiger partial charge in [-0.1, -0.05) is 26.8 Å². The zero-order valence-electron chi connectivity index (χ0n) is 17.5. The van der Waals surface area contributed by atoms with Crippen molar-refractivity contribution in [3.8, 4) is 0 Å². The van der Waals surface area contributed by atoms with Crippen molar-refractivity contribution in [3.05, 3.63) is 46.6 Å². The van der Waals surface area contributed by atoms with E-state index in [0.717, 1.165) is 37.4 Å². The average molecular weight is 383 g/mol. The fraction of sp³-hybridized carbons (Fsp3) is 0.500. The summed E-state index contributed by atoms with van der Waals surface area (Å²) < 4.78 is 4.83. The summed E-state index contributed by atoms with van der Waals surface area (Å²) in [6, 6.07) is 8.24. The van der Waals surface area contributed by atoms with E-state index >= 15 is 0 Å². The van der Waals surface area contributed by atoms with Crippen LogP contribution in [0, 0.1) is 0 Å². The lowest BCUT2D eigenvalue weighted by atomic mass is 9.97. The highest BCUT2D eigenvalue weighted by atomic mass is 16.5. The van der Waals surface area contributed by atoms with E-state index in [1.165, 1.54) is 18.2 Å². The van der Waals surface area contributed by atoms with Gasteiger partial charge < -0.3 is 15.0 Å². The molecule has 0 fully saturated rings. The van der Waals surface area contributed by atoms with Crippen LogP contribution in [0.25, 0.3) is 0 Å². The number of hydrogen-bond acceptors (Lipinski definition) is 6. The molecular formula is C22H30N4O2. The zero-order chi connectivity index (χ0) is 20.3. The highest BCUT2D eigenvalue weighted by Crippen LogP contribution is 2.27. The molecule has 1 aromatic heterocycles. The predicted octanol–water partition coefficient (Wildman–Crippen LogP) is 4.16. The van der Waals surface area contributed by atoms with Gasteiger partial charge in [0, 0.05) is 25.2 Å². The molecule has 1 aliphatic rings. The standard InChI is InChI=1S/C22H30N4O2/c1-6-15(4)23-22-24-19(14(2)3)12-20(25-22)26-10-9-16-11-17(21(27)28-5)7-8-18(16)13-26/h7-8,11-12,14-15H,6,9-10,13H2,1-5H3,(H,23,24,25)/t15-/m0/s1. The van der Waals surface area contributed by atoms with Crippen LogP contribution in [0.5, 0.6) is 0 Å². The normalized spacial score (nSPS) is 14.6. The number of nitrogens with one attached hydrogen (secondary N) is 1. The summed E-state index contributed by atoms with van der Waals surface area (Å²) in [4.78, 5) is 23.6. The molecule has 6 heteroatoms. The third-order valence-corrected chi connectivity index (χ3v) is 5.28. The summed E-state index contributed by atoms with van der Waals surface area (Å²) in [5, 5.41) is 3.41. The first kappa shape index (κ1) is 20.1. The number of rotatable bonds is 6. The maximum absolute atomic E-state index is 11.8. The Morgan fingerprint density at radius 1 is 1.21 bits per heavy atom. The van der Waals surface area contributed by atoms with Gasteiger partial charge in [0.15, 0.2) is 0 Å². The number of methoxy groups -OCH3 is 1. The summed E-state index contributed by atoms with van der Waals surface area (Å²) in [5.74, 6) is 1.69. The van der Waals surface area contributed by atoms with Crippen LogP contribution in [0.15, 0.2) is 24.3 Å². The first-order valence-corrected chi connectivity index (χ1v) is 10.0. The highest BCUT2D eigenvalue weighted by Gasteiger charge is 2.21. The van der Waals surface area contributed by atoms with Gasteiger partial charge in [-0.3, -0.25) is 0 Å². The third kappa shape index (κ3) is 4.43. The fourth-order valence-corrected chi connectivity index (χ4v) is 3.29. The van der Waals surface area contributed by atoms with Crippen LogP contribution in [0.3, 0.4) is 0 Å². The van der Waals surface area contributed by atoms with Gasteiger partial charge in [-0.15, -0.1) is 0 Å². The lowest BCUT2D eigenvalue weighted by Crippen LogP contribution is -2.32. The Balaban J connectivity index is 1.87. The molecule has 2 aromatic rings. The minimum Gasteiger partial charge on any atom is -0.465 e. The van der Waals surface area contributed by atoms with E-state index in [1.54, 1.807) is 0 Å². The van der Waals surface area contributed by atoms with Crippen LogP contribution < -0.4 is 10.2 Å². The molecule has 28 heavy (non-hydrogen) atoms. The molecular weight excluding hydrogens is 352 g/mol. The van der Waals surface area contributed by atoms with Gasteiger partial charge in [0.1, 0.15) is 5.82 Å². The fourth-order valence-electron chi connectivity index (χ4n) is 3.29. The topological polar surface area (TPSA) is 67.4 Å². The second-order valence-corrected chi connectivity index (χ2v) is 7.73. The number of benzene rings is 1. The minimum absolute atomic E-state index is 0.289. The number of anilines is 2. The first-order chi connectivity index (χ1) is 13.4. The van der Waals surface area contributed by atoms with Crippen molar-refractivity contribution in [1.29, 1.82) is 0 Å². The zero-order valence-corrected chi connectivity index (χ0v) is 17.5. The Hall–Kier alpha value is -2.63. The number of esters is 1. The molecule has 0 radical (unpaired) electrons. The summed E-state index contributed by atoms with van der Waals surface area (Å²) in [7, 11) is 1.41. The van der Waals surface area contributed by atoms with E-state index < -0.39 is 0 Å². The molecule has 0 saturated heterocycles. The highest BCUT2D eigenvalue weighted by molar-refractivity contribution is 5.89. The lowest BCUT2D eigenvalue weighted by Gasteiger charge is -2.30. The Morgan fingerprint density at radius 3 is 2.68 bits per heavy atom. The van der Waals surface area contributed by atoms with Crippen molar-refractivity contribution in [2.45, 2.75) is 59.0 Å². The molecule has 0 saturated carbocycles. The lowest BCUT2D eigenvalue weighted by molar-refractivity contribution is 0.0600. The van der Waals surface area contributed by atoms with Crippen LogP contribution in [0.4, 0.5) is 11.8 Å². The molecule has 0 aliphatic carbocycles. The van der Waals surface area contributed by atoms with Gasteiger partial charge in [-0.25, -0.2) is 9.78 Å². The smallest absolute Gasteiger partial charge is 0.337 e. The molecule has 0 spiro atoms. The van der Waals surface area contributed by atoms with Crippen molar-refractivity contribution in [2.75, 3.05) is 23.9 Å². The largest absolute Gasteiger partial charge is 0.465 e. The van der Waals surface area contributed by atoms with E-state index in [1.807, 2.05) is 18.2 Å². The molecule has 6 nitrogen and oxygen atoms in total. The Bertz CT molecular complexity index is 850. The van der Waals surface area contributed by atoms with Crippen molar-refractivity contribution in [2.24, 2.45) is 0 Å². The SMILES string of the molecule is CC[C@H](C)Nc1nc(C(C)C)cc(N2CCc3cc(C(=O)OC)ccc3C2)n1. The molecule has 1 aliphatic heterocycles. The number of carbonyl (C=O) groups excluding carboxylic acids is 1. The van der Waals surface area contributed by atoms with E-state index in [4.69, 9.17) is 14.7 Å². The number of hydrogen-bond donors (Lipinski definition) is 1. The quantitative estimate of drug-likeness (QED) is 0.757. The second-order valence-electron chi connectivity index (χ2n) is 7.73. The van der Waals surface area contributed by atoms with Gasteiger partial charge >= 0.3 is 5.97 Å². The van der Waals surface area contributed by atoms with Gasteiger partial charge in [-0.2, -0.15) is 4.98 Å². The molecule has 0 amide bonds. The molecule has 1 atom stereocenters. The Labute approximate surface area is 167 Å². The van der Waals surface area contributed by atoms with Crippen LogP contribution in [0.2, 0.25) is 0 Å². The van der Waals surface area contributed by atoms with Gasteiger partial charge in [0.05, 0.1) is 18.4 Å². The first-order valence-electron chi connectivity index (χ1n) is 10.0. The summed E-state index contributed by atoms with van der Waals surface area (Å²) in [5.41, 5.74) is 4.08. The maximum atomic E-state index is 11.8. The van der Waals surface area contributed by atoms with Gasteiger partial charge in [-0.05, 0) is 48.9 Å². The van der Waals surface area contributed by atoms with Crippen LogP contribution in [-0.4, -0.2) is 35.6 Å². The van der Waals surface area contributed by atoms with Gasteiger partial charge in [0.2, 0.25) is 5.95 Å². The second kappa shape index (κ2) is 8.59. The third-order valence-electron chi connectivity index (χ3n) is 5.28. The van der Waals surface area contributed by atoms with Crippen LogP contribution in [-0.2, 0) is 17.7 Å². The number of fused-ring (bicyclic) bond motifs is 1. The number of nitrogens with zero attached hydrogens (tertiary/aromatic N) is 3. The molecule has 0 unspecified atom stereocenters. The molecule has 0 bridgehead atoms. The number of aromatic nitrogens is 2. The molecule has 150 valence electrons. The molecule has 3 rings (SSSR count). The number of ether oxygens (including phenoxy) is 1. The summed E-state index contributed by atoms with van der Waals surface area (Å²) >= 11 is 0. The minimum atomic E-state index is -0.289. The van der Waals surface area contributed by atoms with E-state index in [9.17, 15) is 4.79 Å². The van der Waals surface area contributed by atoms with Crippen molar-refractivity contribution >= 4 is 17.7 Å². The van der Waals surface area contributed by atoms with Gasteiger partial charge in [0.25, 0.3) is 0 Å².